The van der Waals surface area contributed by atoms with Crippen LogP contribution in [0, 0.1) is 0 Å². The largest absolute Gasteiger partial charge is 0.353 e. The van der Waals surface area contributed by atoms with Gasteiger partial charge in [0, 0.05) is 19.0 Å². The molecule has 1 fully saturated rings. The summed E-state index contributed by atoms with van der Waals surface area (Å²) in [6, 6.07) is 6.15. The molecule has 25 heavy (non-hydrogen) atoms. The quantitative estimate of drug-likeness (QED) is 0.769. The molecule has 2 rings (SSSR count). The van der Waals surface area contributed by atoms with Gasteiger partial charge in [-0.25, -0.2) is 8.42 Å². The lowest BCUT2D eigenvalue weighted by Gasteiger charge is -2.27. The fourth-order valence-corrected chi connectivity index (χ4v) is 4.54. The van der Waals surface area contributed by atoms with Gasteiger partial charge in [-0.2, -0.15) is 0 Å². The molecule has 0 aromatic heterocycles. The summed E-state index contributed by atoms with van der Waals surface area (Å²) in [6.07, 6.45) is 7.28. The first-order chi connectivity index (χ1) is 11.9. The van der Waals surface area contributed by atoms with Gasteiger partial charge < -0.3 is 5.32 Å². The number of rotatable bonds is 8. The van der Waals surface area contributed by atoms with Gasteiger partial charge in [-0.05, 0) is 36.8 Å². The molecule has 1 amide bonds. The number of hydrogen-bond donors (Lipinski definition) is 1. The highest BCUT2D eigenvalue weighted by Crippen LogP contribution is 2.29. The van der Waals surface area contributed by atoms with E-state index in [1.807, 2.05) is 32.0 Å². The maximum atomic E-state index is 12.4. The molecule has 0 heterocycles. The molecule has 0 bridgehead atoms. The summed E-state index contributed by atoms with van der Waals surface area (Å²) < 4.78 is 26.3. The Morgan fingerprint density at radius 3 is 2.20 bits per heavy atom. The molecule has 1 aromatic carbocycles. The van der Waals surface area contributed by atoms with E-state index in [1.165, 1.54) is 10.6 Å². The summed E-state index contributed by atoms with van der Waals surface area (Å²) in [5.74, 6) is -0.0624. The number of sulfonamides is 1. The zero-order chi connectivity index (χ0) is 18.4. The SMILES string of the molecule is CCc1cccc(CC)c1N(CCC(=O)NC1CCCC1)S(C)(=O)=O. The fraction of sp³-hybridized carbons (Fsp3) is 0.632. The highest BCUT2D eigenvalue weighted by Gasteiger charge is 2.24. The van der Waals surface area contributed by atoms with Gasteiger partial charge in [-0.1, -0.05) is 44.9 Å². The number of amides is 1. The molecule has 0 atom stereocenters. The molecular weight excluding hydrogens is 336 g/mol. The van der Waals surface area contributed by atoms with Gasteiger partial charge in [0.2, 0.25) is 15.9 Å². The molecule has 6 heteroatoms. The highest BCUT2D eigenvalue weighted by atomic mass is 32.2. The molecule has 5 nitrogen and oxygen atoms in total. The third-order valence-corrected chi connectivity index (χ3v) is 6.04. The van der Waals surface area contributed by atoms with E-state index in [9.17, 15) is 13.2 Å². The fourth-order valence-electron chi connectivity index (χ4n) is 3.55. The summed E-state index contributed by atoms with van der Waals surface area (Å²) >= 11 is 0. The van der Waals surface area contributed by atoms with Crippen molar-refractivity contribution in [2.75, 3.05) is 17.1 Å². The smallest absolute Gasteiger partial charge is 0.232 e. The van der Waals surface area contributed by atoms with E-state index >= 15 is 0 Å². The lowest BCUT2D eigenvalue weighted by Crippen LogP contribution is -2.38. The minimum absolute atomic E-state index is 0.0624. The first kappa shape index (κ1) is 19.8. The zero-order valence-electron chi connectivity index (χ0n) is 15.5. The molecule has 1 aliphatic rings. The van der Waals surface area contributed by atoms with Crippen molar-refractivity contribution in [3.05, 3.63) is 29.3 Å². The molecular formula is C19H30N2O3S. The van der Waals surface area contributed by atoms with E-state index < -0.39 is 10.0 Å². The Labute approximate surface area is 151 Å². The van der Waals surface area contributed by atoms with Crippen LogP contribution in [0.3, 0.4) is 0 Å². The Morgan fingerprint density at radius 1 is 1.16 bits per heavy atom. The molecule has 140 valence electrons. The molecule has 1 aromatic rings. The van der Waals surface area contributed by atoms with Gasteiger partial charge in [-0.15, -0.1) is 0 Å². The van der Waals surface area contributed by atoms with Crippen LogP contribution in [0.15, 0.2) is 18.2 Å². The Hall–Kier alpha value is -1.56. The number of carbonyl (C=O) groups excluding carboxylic acids is 1. The number of hydrogen-bond acceptors (Lipinski definition) is 3. The van der Waals surface area contributed by atoms with Crippen LogP contribution in [0.1, 0.15) is 57.1 Å². The number of carbonyl (C=O) groups is 1. The van der Waals surface area contributed by atoms with E-state index in [0.717, 1.165) is 55.3 Å². The van der Waals surface area contributed by atoms with E-state index in [-0.39, 0.29) is 24.9 Å². The van der Waals surface area contributed by atoms with Crippen molar-refractivity contribution in [3.8, 4) is 0 Å². The van der Waals surface area contributed by atoms with E-state index in [1.54, 1.807) is 0 Å². The maximum absolute atomic E-state index is 12.4. The van der Waals surface area contributed by atoms with Gasteiger partial charge in [0.15, 0.2) is 0 Å². The maximum Gasteiger partial charge on any atom is 0.232 e. The van der Waals surface area contributed by atoms with Gasteiger partial charge in [0.05, 0.1) is 11.9 Å². The minimum Gasteiger partial charge on any atom is -0.353 e. The highest BCUT2D eigenvalue weighted by molar-refractivity contribution is 7.92. The molecule has 0 spiro atoms. The molecule has 0 radical (unpaired) electrons. The van der Waals surface area contributed by atoms with Crippen LogP contribution in [0.4, 0.5) is 5.69 Å². The van der Waals surface area contributed by atoms with Crippen molar-refractivity contribution >= 4 is 21.6 Å². The lowest BCUT2D eigenvalue weighted by atomic mass is 10.0. The molecule has 0 aliphatic heterocycles. The summed E-state index contributed by atoms with van der Waals surface area (Å²) in [5.41, 5.74) is 2.76. The van der Waals surface area contributed by atoms with Crippen molar-refractivity contribution in [1.82, 2.24) is 5.32 Å². The number of para-hydroxylation sites is 1. The summed E-state index contributed by atoms with van der Waals surface area (Å²) in [5, 5.41) is 3.03. The predicted octanol–water partition coefficient (Wildman–Crippen LogP) is 3.03. The minimum atomic E-state index is -3.45. The number of anilines is 1. The Kier molecular flexibility index (Phi) is 6.87. The van der Waals surface area contributed by atoms with Crippen molar-refractivity contribution < 1.29 is 13.2 Å². The van der Waals surface area contributed by atoms with E-state index in [2.05, 4.69) is 5.32 Å². The van der Waals surface area contributed by atoms with E-state index in [0.29, 0.717) is 0 Å². The average molecular weight is 367 g/mol. The average Bonchev–Trinajstić information content (AvgIpc) is 3.06. The van der Waals surface area contributed by atoms with Crippen LogP contribution < -0.4 is 9.62 Å². The first-order valence-electron chi connectivity index (χ1n) is 9.24. The summed E-state index contributed by atoms with van der Waals surface area (Å²) in [7, 11) is -3.45. The topological polar surface area (TPSA) is 66.5 Å². The van der Waals surface area contributed by atoms with Crippen molar-refractivity contribution in [1.29, 1.82) is 0 Å². The Morgan fingerprint density at radius 2 is 1.72 bits per heavy atom. The standard InChI is InChI=1S/C19H30N2O3S/c1-4-15-9-8-10-16(5-2)19(15)21(25(3,23)24)14-13-18(22)20-17-11-6-7-12-17/h8-10,17H,4-7,11-14H2,1-3H3,(H,20,22). The van der Waals surface area contributed by atoms with Gasteiger partial charge in [0.1, 0.15) is 0 Å². The second-order valence-electron chi connectivity index (χ2n) is 6.77. The number of nitrogens with zero attached hydrogens (tertiary/aromatic N) is 1. The van der Waals surface area contributed by atoms with Gasteiger partial charge in [-0.3, -0.25) is 9.10 Å². The Balaban J connectivity index is 2.19. The molecule has 0 unspecified atom stereocenters. The van der Waals surface area contributed by atoms with Crippen LogP contribution in [0.5, 0.6) is 0 Å². The Bertz CT molecular complexity index is 672. The van der Waals surface area contributed by atoms with Crippen LogP contribution >= 0.6 is 0 Å². The number of aryl methyl sites for hydroxylation is 2. The monoisotopic (exact) mass is 366 g/mol. The summed E-state index contributed by atoms with van der Waals surface area (Å²) in [4.78, 5) is 12.2. The second kappa shape index (κ2) is 8.70. The van der Waals surface area contributed by atoms with Gasteiger partial charge >= 0.3 is 0 Å². The zero-order valence-corrected chi connectivity index (χ0v) is 16.4. The second-order valence-corrected chi connectivity index (χ2v) is 8.67. The number of benzene rings is 1. The number of nitrogens with one attached hydrogen (secondary N) is 1. The van der Waals surface area contributed by atoms with Crippen molar-refractivity contribution in [2.24, 2.45) is 0 Å². The third kappa shape index (κ3) is 5.21. The molecule has 1 saturated carbocycles. The first-order valence-corrected chi connectivity index (χ1v) is 11.1. The van der Waals surface area contributed by atoms with Crippen molar-refractivity contribution in [2.45, 2.75) is 64.8 Å². The molecule has 0 saturated heterocycles. The van der Waals surface area contributed by atoms with Crippen LogP contribution in [0.2, 0.25) is 0 Å². The predicted molar refractivity (Wildman–Crippen MR) is 102 cm³/mol. The van der Waals surface area contributed by atoms with Crippen LogP contribution in [0.25, 0.3) is 0 Å². The third-order valence-electron chi connectivity index (χ3n) is 4.88. The lowest BCUT2D eigenvalue weighted by molar-refractivity contribution is -0.121. The normalized spacial score (nSPS) is 15.3. The molecule has 1 aliphatic carbocycles. The van der Waals surface area contributed by atoms with Gasteiger partial charge in [0.25, 0.3) is 0 Å². The van der Waals surface area contributed by atoms with Crippen LogP contribution in [-0.4, -0.2) is 33.2 Å². The van der Waals surface area contributed by atoms with E-state index in [4.69, 9.17) is 0 Å². The van der Waals surface area contributed by atoms with Crippen molar-refractivity contribution in [3.63, 3.8) is 0 Å². The van der Waals surface area contributed by atoms with Crippen LogP contribution in [-0.2, 0) is 27.7 Å². The summed E-state index contributed by atoms with van der Waals surface area (Å²) in [6.45, 7) is 4.22. The molecule has 1 N–H and O–H groups in total.